The minimum atomic E-state index is -2.32. The van der Waals surface area contributed by atoms with E-state index in [1.807, 2.05) is 0 Å². The van der Waals surface area contributed by atoms with E-state index in [0.29, 0.717) is 5.56 Å². The Morgan fingerprint density at radius 2 is 2.12 bits per heavy atom. The van der Waals surface area contributed by atoms with Gasteiger partial charge in [-0.25, -0.2) is 9.18 Å². The third kappa shape index (κ3) is 1.47. The van der Waals surface area contributed by atoms with Crippen LogP contribution in [0.2, 0.25) is 0 Å². The molecule has 1 heterocycles. The van der Waals surface area contributed by atoms with Crippen molar-refractivity contribution in [3.63, 3.8) is 0 Å². The molecule has 80 valence electrons. The van der Waals surface area contributed by atoms with Crippen molar-refractivity contribution in [1.82, 2.24) is 0 Å². The molecule has 1 aliphatic heterocycles. The minimum absolute atomic E-state index is 0.0592. The average Bonchev–Trinajstić information content (AvgIpc) is 2.58. The Bertz CT molecular complexity index is 489. The van der Waals surface area contributed by atoms with Crippen molar-refractivity contribution in [2.45, 2.75) is 12.1 Å². The number of rotatable bonds is 2. The van der Waals surface area contributed by atoms with Crippen LogP contribution >= 0.6 is 0 Å². The molecule has 0 unspecified atom stereocenters. The van der Waals surface area contributed by atoms with E-state index >= 15 is 0 Å². The summed E-state index contributed by atoms with van der Waals surface area (Å²) in [6, 6.07) is 8.51. The molecule has 0 spiro atoms. The van der Waals surface area contributed by atoms with Gasteiger partial charge in [0, 0.05) is 5.56 Å². The predicted molar refractivity (Wildman–Crippen MR) is 56.4 cm³/mol. The molecule has 0 fully saturated rings. The monoisotopic (exact) mass is 217 g/mol. The lowest BCUT2D eigenvalue weighted by Gasteiger charge is -2.13. The molecule has 1 atom stereocenters. The second-order valence-electron chi connectivity index (χ2n) is 3.37. The molecule has 0 saturated heterocycles. The fourth-order valence-electron chi connectivity index (χ4n) is 1.50. The lowest BCUT2D eigenvalue weighted by Crippen LogP contribution is -2.38. The van der Waals surface area contributed by atoms with Crippen molar-refractivity contribution in [3.8, 4) is 12.3 Å². The standard InChI is InChI=1S/C12H8FNO2/c1-2-8-12(13)10(14-16-11(12)15)9-6-4-3-5-7-9/h1,3-7H,8H2/t12-/m1/s1. The van der Waals surface area contributed by atoms with E-state index in [-0.39, 0.29) is 12.1 Å². The van der Waals surface area contributed by atoms with Crippen molar-refractivity contribution < 1.29 is 14.0 Å². The van der Waals surface area contributed by atoms with Gasteiger partial charge < -0.3 is 4.84 Å². The van der Waals surface area contributed by atoms with Crippen LogP contribution in [0, 0.1) is 12.3 Å². The lowest BCUT2D eigenvalue weighted by atomic mass is 9.91. The van der Waals surface area contributed by atoms with Crippen LogP contribution in [0.3, 0.4) is 0 Å². The summed E-state index contributed by atoms with van der Waals surface area (Å²) in [4.78, 5) is 15.6. The van der Waals surface area contributed by atoms with Gasteiger partial charge in [0.1, 0.15) is 5.71 Å². The average molecular weight is 217 g/mol. The van der Waals surface area contributed by atoms with Gasteiger partial charge in [-0.3, -0.25) is 0 Å². The van der Waals surface area contributed by atoms with Gasteiger partial charge in [-0.15, -0.1) is 12.3 Å². The second-order valence-corrected chi connectivity index (χ2v) is 3.37. The molecule has 1 aromatic carbocycles. The first kappa shape index (κ1) is 10.4. The number of alkyl halides is 1. The van der Waals surface area contributed by atoms with Crippen LogP contribution in [0.1, 0.15) is 12.0 Å². The molecule has 16 heavy (non-hydrogen) atoms. The fraction of sp³-hybridized carbons (Fsp3) is 0.167. The number of hydrogen-bond donors (Lipinski definition) is 0. The second kappa shape index (κ2) is 3.78. The van der Waals surface area contributed by atoms with Crippen molar-refractivity contribution in [1.29, 1.82) is 0 Å². The highest BCUT2D eigenvalue weighted by molar-refractivity contribution is 6.20. The molecule has 1 aromatic rings. The zero-order chi connectivity index (χ0) is 11.6. The highest BCUT2D eigenvalue weighted by atomic mass is 19.1. The number of nitrogens with zero attached hydrogens (tertiary/aromatic N) is 1. The van der Waals surface area contributed by atoms with Crippen molar-refractivity contribution in [2.75, 3.05) is 0 Å². The molecular weight excluding hydrogens is 209 g/mol. The Labute approximate surface area is 91.9 Å². The number of oxime groups is 1. The Hall–Kier alpha value is -2.15. The molecule has 0 bridgehead atoms. The molecule has 0 radical (unpaired) electrons. The van der Waals surface area contributed by atoms with E-state index < -0.39 is 11.6 Å². The summed E-state index contributed by atoms with van der Waals surface area (Å²) in [6.07, 6.45) is 4.67. The number of hydrogen-bond acceptors (Lipinski definition) is 3. The SMILES string of the molecule is C#CC[C@]1(F)C(=O)ON=C1c1ccccc1. The van der Waals surface area contributed by atoms with Crippen LogP contribution in [0.15, 0.2) is 35.5 Å². The summed E-state index contributed by atoms with van der Waals surface area (Å²) in [6.45, 7) is 0. The van der Waals surface area contributed by atoms with E-state index in [1.54, 1.807) is 30.3 Å². The Morgan fingerprint density at radius 1 is 1.44 bits per heavy atom. The van der Waals surface area contributed by atoms with Crippen LogP contribution in [0.4, 0.5) is 4.39 Å². The van der Waals surface area contributed by atoms with E-state index in [0.717, 1.165) is 0 Å². The first-order valence-electron chi connectivity index (χ1n) is 4.66. The minimum Gasteiger partial charge on any atom is -0.314 e. The summed E-state index contributed by atoms with van der Waals surface area (Å²) in [5, 5.41) is 3.46. The Kier molecular flexibility index (Phi) is 2.45. The predicted octanol–water partition coefficient (Wildman–Crippen LogP) is 1.68. The van der Waals surface area contributed by atoms with Crippen molar-refractivity contribution >= 4 is 11.7 Å². The highest BCUT2D eigenvalue weighted by Gasteiger charge is 2.51. The summed E-state index contributed by atoms with van der Waals surface area (Å²) < 4.78 is 14.3. The topological polar surface area (TPSA) is 38.7 Å². The van der Waals surface area contributed by atoms with E-state index in [2.05, 4.69) is 15.9 Å². The smallest absolute Gasteiger partial charge is 0.314 e. The quantitative estimate of drug-likeness (QED) is 0.558. The molecule has 2 rings (SSSR count). The number of benzene rings is 1. The molecule has 0 N–H and O–H groups in total. The highest BCUT2D eigenvalue weighted by Crippen LogP contribution is 2.29. The Balaban J connectivity index is 2.43. The van der Waals surface area contributed by atoms with Gasteiger partial charge in [-0.2, -0.15) is 0 Å². The molecule has 0 aromatic heterocycles. The zero-order valence-electron chi connectivity index (χ0n) is 8.31. The normalized spacial score (nSPS) is 23.5. The molecule has 4 heteroatoms. The maximum absolute atomic E-state index is 14.3. The summed E-state index contributed by atoms with van der Waals surface area (Å²) in [5.41, 5.74) is -1.89. The largest absolute Gasteiger partial charge is 0.379 e. The molecular formula is C12H8FNO2. The summed E-state index contributed by atoms with van der Waals surface area (Å²) in [7, 11) is 0. The van der Waals surface area contributed by atoms with Crippen LogP contribution in [0.5, 0.6) is 0 Å². The molecule has 3 nitrogen and oxygen atoms in total. The van der Waals surface area contributed by atoms with Crippen LogP contribution in [-0.2, 0) is 9.63 Å². The fourth-order valence-corrected chi connectivity index (χ4v) is 1.50. The van der Waals surface area contributed by atoms with Gasteiger partial charge in [0.2, 0.25) is 0 Å². The van der Waals surface area contributed by atoms with E-state index in [1.165, 1.54) is 0 Å². The lowest BCUT2D eigenvalue weighted by molar-refractivity contribution is -0.149. The molecule has 1 aliphatic rings. The van der Waals surface area contributed by atoms with E-state index in [9.17, 15) is 9.18 Å². The van der Waals surface area contributed by atoms with Gasteiger partial charge in [0.15, 0.2) is 0 Å². The maximum atomic E-state index is 14.3. The van der Waals surface area contributed by atoms with Gasteiger partial charge in [0.05, 0.1) is 6.42 Å². The van der Waals surface area contributed by atoms with Crippen molar-refractivity contribution in [2.24, 2.45) is 5.16 Å². The van der Waals surface area contributed by atoms with Gasteiger partial charge in [-0.05, 0) is 0 Å². The first-order valence-corrected chi connectivity index (χ1v) is 4.66. The van der Waals surface area contributed by atoms with Gasteiger partial charge in [0.25, 0.3) is 5.67 Å². The van der Waals surface area contributed by atoms with Gasteiger partial charge in [-0.1, -0.05) is 35.5 Å². The number of carbonyl (C=O) groups excluding carboxylic acids is 1. The van der Waals surface area contributed by atoms with Crippen LogP contribution < -0.4 is 0 Å². The third-order valence-corrected chi connectivity index (χ3v) is 2.31. The van der Waals surface area contributed by atoms with Crippen LogP contribution in [-0.4, -0.2) is 17.3 Å². The maximum Gasteiger partial charge on any atom is 0.379 e. The number of terminal acetylenes is 1. The van der Waals surface area contributed by atoms with E-state index in [4.69, 9.17) is 6.42 Å². The summed E-state index contributed by atoms with van der Waals surface area (Å²) >= 11 is 0. The van der Waals surface area contributed by atoms with Crippen LogP contribution in [0.25, 0.3) is 0 Å². The molecule has 0 saturated carbocycles. The summed E-state index contributed by atoms with van der Waals surface area (Å²) in [5.74, 6) is 1.07. The third-order valence-electron chi connectivity index (χ3n) is 2.31. The number of halogens is 1. The molecule has 0 amide bonds. The Morgan fingerprint density at radius 3 is 2.75 bits per heavy atom. The van der Waals surface area contributed by atoms with Crippen molar-refractivity contribution in [3.05, 3.63) is 35.9 Å². The zero-order valence-corrected chi connectivity index (χ0v) is 8.31. The molecule has 0 aliphatic carbocycles. The number of carbonyl (C=O) groups is 1. The first-order chi connectivity index (χ1) is 7.68. The van der Waals surface area contributed by atoms with Gasteiger partial charge >= 0.3 is 5.97 Å².